The summed E-state index contributed by atoms with van der Waals surface area (Å²) in [6.07, 6.45) is 10.6. The third-order valence-electron chi connectivity index (χ3n) is 5.07. The lowest BCUT2D eigenvalue weighted by molar-refractivity contribution is 0.105. The number of hydrogen-bond donors (Lipinski definition) is 0. The summed E-state index contributed by atoms with van der Waals surface area (Å²) in [4.78, 5) is 6.71. The summed E-state index contributed by atoms with van der Waals surface area (Å²) in [6.45, 7) is 2.00. The van der Waals surface area contributed by atoms with Crippen molar-refractivity contribution in [1.82, 2.24) is 19.7 Å². The third-order valence-corrected chi connectivity index (χ3v) is 5.07. The largest absolute Gasteiger partial charge is 0.281 e. The number of piperidine rings is 1. The molecule has 3 heterocycles. The smallest absolute Gasteiger partial charge is 0.0938 e. The van der Waals surface area contributed by atoms with Crippen molar-refractivity contribution in [3.05, 3.63) is 72.7 Å². The molecule has 1 aliphatic rings. The molecule has 1 unspecified atom stereocenters. The zero-order chi connectivity index (χ0) is 16.9. The molecule has 3 aromatic rings. The Bertz CT molecular complexity index is 782. The molecule has 1 saturated heterocycles. The number of nitrogens with zero attached hydrogens (tertiary/aromatic N) is 4. The van der Waals surface area contributed by atoms with E-state index in [0.29, 0.717) is 6.04 Å². The maximum Gasteiger partial charge on any atom is 0.0938 e. The molecule has 25 heavy (non-hydrogen) atoms. The second kappa shape index (κ2) is 7.62. The molecule has 1 atom stereocenters. The summed E-state index contributed by atoms with van der Waals surface area (Å²) in [5.41, 5.74) is 3.75. The predicted molar refractivity (Wildman–Crippen MR) is 99.9 cm³/mol. The number of benzene rings is 1. The molecule has 0 aliphatic carbocycles. The summed E-state index contributed by atoms with van der Waals surface area (Å²) in [6, 6.07) is 17.6. The van der Waals surface area contributed by atoms with Crippen LogP contribution in [0.25, 0.3) is 11.3 Å². The minimum Gasteiger partial charge on any atom is -0.281 e. The molecule has 4 rings (SSSR count). The molecule has 1 fully saturated rings. The van der Waals surface area contributed by atoms with Crippen molar-refractivity contribution in [2.45, 2.75) is 38.4 Å². The Morgan fingerprint density at radius 2 is 1.76 bits per heavy atom. The zero-order valence-electron chi connectivity index (χ0n) is 14.5. The lowest BCUT2D eigenvalue weighted by atomic mass is 9.96. The van der Waals surface area contributed by atoms with E-state index in [1.807, 2.05) is 30.7 Å². The first-order chi connectivity index (χ1) is 12.4. The highest BCUT2D eigenvalue weighted by molar-refractivity contribution is 5.58. The standard InChI is InChI=1S/C21H24N4/c1-2-6-18(7-3-1)16-20-8-4-5-15-24(20)17-25-21(11-14-23-25)19-9-12-22-13-10-19/h1-3,6-7,9-14,20H,4-5,8,15-17H2. The first kappa shape index (κ1) is 16.0. The molecular weight excluding hydrogens is 308 g/mol. The van der Waals surface area contributed by atoms with Crippen LogP contribution in [0.3, 0.4) is 0 Å². The van der Waals surface area contributed by atoms with Crippen LogP contribution in [0.1, 0.15) is 24.8 Å². The number of likely N-dealkylation sites (tertiary alicyclic amines) is 1. The van der Waals surface area contributed by atoms with Crippen LogP contribution in [0.2, 0.25) is 0 Å². The van der Waals surface area contributed by atoms with Gasteiger partial charge in [-0.2, -0.15) is 5.10 Å². The van der Waals surface area contributed by atoms with Crippen molar-refractivity contribution in [2.24, 2.45) is 0 Å². The number of rotatable bonds is 5. The van der Waals surface area contributed by atoms with Gasteiger partial charge in [-0.3, -0.25) is 14.6 Å². The van der Waals surface area contributed by atoms with Gasteiger partial charge in [0.05, 0.1) is 12.4 Å². The molecule has 4 nitrogen and oxygen atoms in total. The molecule has 128 valence electrons. The van der Waals surface area contributed by atoms with Crippen LogP contribution < -0.4 is 0 Å². The molecule has 0 saturated carbocycles. The van der Waals surface area contributed by atoms with Gasteiger partial charge in [0.1, 0.15) is 0 Å². The van der Waals surface area contributed by atoms with E-state index >= 15 is 0 Å². The van der Waals surface area contributed by atoms with Crippen LogP contribution in [0.15, 0.2) is 67.1 Å². The molecule has 0 N–H and O–H groups in total. The average Bonchev–Trinajstić information content (AvgIpc) is 3.13. The Morgan fingerprint density at radius 3 is 2.60 bits per heavy atom. The van der Waals surface area contributed by atoms with E-state index in [-0.39, 0.29) is 0 Å². The van der Waals surface area contributed by atoms with Crippen molar-refractivity contribution < 1.29 is 0 Å². The fourth-order valence-corrected chi connectivity index (χ4v) is 3.75. The highest BCUT2D eigenvalue weighted by Crippen LogP contribution is 2.24. The van der Waals surface area contributed by atoms with Crippen molar-refractivity contribution in [1.29, 1.82) is 0 Å². The molecular formula is C21H24N4. The zero-order valence-corrected chi connectivity index (χ0v) is 14.5. The van der Waals surface area contributed by atoms with Crippen molar-refractivity contribution in [3.8, 4) is 11.3 Å². The van der Waals surface area contributed by atoms with Gasteiger partial charge in [-0.15, -0.1) is 0 Å². The number of aromatic nitrogens is 3. The molecule has 0 amide bonds. The summed E-state index contributed by atoms with van der Waals surface area (Å²) >= 11 is 0. The molecule has 0 spiro atoms. The van der Waals surface area contributed by atoms with Crippen LogP contribution in [0.4, 0.5) is 0 Å². The van der Waals surface area contributed by atoms with Crippen molar-refractivity contribution in [3.63, 3.8) is 0 Å². The quantitative estimate of drug-likeness (QED) is 0.708. The van der Waals surface area contributed by atoms with E-state index in [2.05, 4.69) is 56.1 Å². The lowest BCUT2D eigenvalue weighted by Crippen LogP contribution is -2.42. The maximum atomic E-state index is 4.58. The Balaban J connectivity index is 1.52. The number of hydrogen-bond acceptors (Lipinski definition) is 3. The van der Waals surface area contributed by atoms with E-state index in [9.17, 15) is 0 Å². The van der Waals surface area contributed by atoms with Gasteiger partial charge >= 0.3 is 0 Å². The number of pyridine rings is 1. The van der Waals surface area contributed by atoms with E-state index in [4.69, 9.17) is 0 Å². The van der Waals surface area contributed by atoms with Crippen LogP contribution in [-0.2, 0) is 13.1 Å². The van der Waals surface area contributed by atoms with Gasteiger partial charge in [0.15, 0.2) is 0 Å². The summed E-state index contributed by atoms with van der Waals surface area (Å²) < 4.78 is 2.12. The lowest BCUT2D eigenvalue weighted by Gasteiger charge is -2.36. The van der Waals surface area contributed by atoms with Crippen molar-refractivity contribution >= 4 is 0 Å². The second-order valence-corrected chi connectivity index (χ2v) is 6.74. The highest BCUT2D eigenvalue weighted by Gasteiger charge is 2.23. The van der Waals surface area contributed by atoms with Gasteiger partial charge in [0, 0.05) is 36.7 Å². The molecule has 1 aromatic carbocycles. The topological polar surface area (TPSA) is 34.0 Å². The normalized spacial score (nSPS) is 18.3. The van der Waals surface area contributed by atoms with E-state index in [0.717, 1.165) is 25.3 Å². The Kier molecular flexibility index (Phi) is 4.89. The van der Waals surface area contributed by atoms with Gasteiger partial charge in [0.2, 0.25) is 0 Å². The van der Waals surface area contributed by atoms with Gasteiger partial charge in [-0.1, -0.05) is 36.8 Å². The monoisotopic (exact) mass is 332 g/mol. The third kappa shape index (κ3) is 3.80. The Labute approximate surface area is 149 Å². The Morgan fingerprint density at radius 1 is 0.920 bits per heavy atom. The van der Waals surface area contributed by atoms with E-state index in [1.54, 1.807) is 0 Å². The minimum absolute atomic E-state index is 0.589. The first-order valence-corrected chi connectivity index (χ1v) is 9.10. The van der Waals surface area contributed by atoms with Crippen molar-refractivity contribution in [2.75, 3.05) is 6.54 Å². The molecule has 0 bridgehead atoms. The molecule has 2 aromatic heterocycles. The highest BCUT2D eigenvalue weighted by atomic mass is 15.4. The fourth-order valence-electron chi connectivity index (χ4n) is 3.75. The minimum atomic E-state index is 0.589. The van der Waals surface area contributed by atoms with Gasteiger partial charge in [-0.25, -0.2) is 0 Å². The van der Waals surface area contributed by atoms with Crippen LogP contribution in [-0.4, -0.2) is 32.3 Å². The first-order valence-electron chi connectivity index (χ1n) is 9.10. The second-order valence-electron chi connectivity index (χ2n) is 6.74. The predicted octanol–water partition coefficient (Wildman–Crippen LogP) is 4.00. The summed E-state index contributed by atoms with van der Waals surface area (Å²) in [5, 5.41) is 4.58. The molecule has 1 aliphatic heterocycles. The van der Waals surface area contributed by atoms with Gasteiger partial charge < -0.3 is 0 Å². The fraction of sp³-hybridized carbons (Fsp3) is 0.333. The summed E-state index contributed by atoms with van der Waals surface area (Å²) in [5.74, 6) is 0. The van der Waals surface area contributed by atoms with E-state index in [1.165, 1.54) is 30.4 Å². The van der Waals surface area contributed by atoms with Crippen LogP contribution in [0.5, 0.6) is 0 Å². The van der Waals surface area contributed by atoms with Gasteiger partial charge in [-0.05, 0) is 43.0 Å². The SMILES string of the molecule is c1ccc(CC2CCCCN2Cn2nccc2-c2ccncc2)cc1. The average molecular weight is 332 g/mol. The van der Waals surface area contributed by atoms with Crippen LogP contribution in [0, 0.1) is 0 Å². The molecule has 4 heteroatoms. The van der Waals surface area contributed by atoms with Crippen LogP contribution >= 0.6 is 0 Å². The Hall–Kier alpha value is -2.46. The summed E-state index contributed by atoms with van der Waals surface area (Å²) in [7, 11) is 0. The van der Waals surface area contributed by atoms with E-state index < -0.39 is 0 Å². The molecule has 0 radical (unpaired) electrons. The van der Waals surface area contributed by atoms with Gasteiger partial charge in [0.25, 0.3) is 0 Å². The maximum absolute atomic E-state index is 4.58.